The molecule has 1 heterocycles. The van der Waals surface area contributed by atoms with Gasteiger partial charge in [0, 0.05) is 6.42 Å². The van der Waals surface area contributed by atoms with E-state index in [2.05, 4.69) is 86.8 Å². The monoisotopic (exact) mass is 789 g/mol. The molecule has 1 fully saturated rings. The molecule has 1 rings (SSSR count). The van der Waals surface area contributed by atoms with Crippen LogP contribution in [-0.4, -0.2) is 89.6 Å². The van der Waals surface area contributed by atoms with Gasteiger partial charge < -0.3 is 39.4 Å². The summed E-state index contributed by atoms with van der Waals surface area (Å²) in [4.78, 5) is 12.8. The first kappa shape index (κ1) is 51.6. The highest BCUT2D eigenvalue weighted by Crippen LogP contribution is 2.22. The second-order valence-electron chi connectivity index (χ2n) is 14.8. The number of aliphatic hydroxyl groups excluding tert-OH is 4. The minimum absolute atomic E-state index is 0.0854. The Labute approximate surface area is 340 Å². The minimum Gasteiger partial charge on any atom is -0.457 e. The van der Waals surface area contributed by atoms with E-state index in [0.717, 1.165) is 64.2 Å². The quantitative estimate of drug-likeness (QED) is 0.0278. The Morgan fingerprint density at radius 1 is 0.589 bits per heavy atom. The summed E-state index contributed by atoms with van der Waals surface area (Å²) in [6.07, 6.45) is 42.3. The van der Waals surface area contributed by atoms with Gasteiger partial charge >= 0.3 is 5.97 Å². The standard InChI is InChI=1S/C47H80O9/c1-3-5-7-9-11-13-15-17-19-21-22-24-26-28-30-32-34-36-43(49)55-41(40-54-47-46(52)45(51)44(50)42(38-48)56-47)39-53-37-35-33-31-29-27-25-23-20-18-16-14-12-10-8-6-4-2/h6,8,12,14,17-20,25,27,31,33,41-42,44-48,50-52H,3-5,7,9-11,13,15-16,21-24,26,28-30,32,34-40H2,1-2H3/b8-6-,14-12-,19-17-,20-18-,27-25-,33-31-. The van der Waals surface area contributed by atoms with Gasteiger partial charge in [-0.2, -0.15) is 0 Å². The van der Waals surface area contributed by atoms with Crippen LogP contribution in [0.15, 0.2) is 72.9 Å². The molecule has 56 heavy (non-hydrogen) atoms. The number of carbonyl (C=O) groups excluding carboxylic acids is 1. The van der Waals surface area contributed by atoms with Gasteiger partial charge in [-0.1, -0.05) is 151 Å². The molecular weight excluding hydrogens is 709 g/mol. The van der Waals surface area contributed by atoms with E-state index < -0.39 is 43.4 Å². The number of esters is 1. The Hall–Kier alpha value is -2.37. The molecule has 1 aliphatic rings. The summed E-state index contributed by atoms with van der Waals surface area (Å²) in [6, 6.07) is 0. The summed E-state index contributed by atoms with van der Waals surface area (Å²) >= 11 is 0. The van der Waals surface area contributed by atoms with Crippen LogP contribution in [0.3, 0.4) is 0 Å². The summed E-state index contributed by atoms with van der Waals surface area (Å²) in [5.74, 6) is -0.346. The van der Waals surface area contributed by atoms with Crippen molar-refractivity contribution in [2.24, 2.45) is 0 Å². The zero-order valence-electron chi connectivity index (χ0n) is 35.1. The van der Waals surface area contributed by atoms with Crippen molar-refractivity contribution in [1.29, 1.82) is 0 Å². The largest absolute Gasteiger partial charge is 0.457 e. The van der Waals surface area contributed by atoms with Gasteiger partial charge in [-0.15, -0.1) is 0 Å². The van der Waals surface area contributed by atoms with Gasteiger partial charge in [0.2, 0.25) is 0 Å². The second kappa shape index (κ2) is 38.2. The second-order valence-corrected chi connectivity index (χ2v) is 14.8. The predicted octanol–water partition coefficient (Wildman–Crippen LogP) is 9.69. The lowest BCUT2D eigenvalue weighted by molar-refractivity contribution is -0.305. The number of ether oxygens (including phenoxy) is 4. The molecule has 0 aromatic heterocycles. The van der Waals surface area contributed by atoms with Crippen LogP contribution in [0.5, 0.6) is 0 Å². The number of rotatable bonds is 36. The predicted molar refractivity (Wildman–Crippen MR) is 228 cm³/mol. The number of aliphatic hydroxyl groups is 4. The molecule has 0 amide bonds. The smallest absolute Gasteiger partial charge is 0.306 e. The Balaban J connectivity index is 2.34. The van der Waals surface area contributed by atoms with Gasteiger partial charge in [-0.3, -0.25) is 4.79 Å². The molecule has 6 unspecified atom stereocenters. The first-order chi connectivity index (χ1) is 27.4. The third kappa shape index (κ3) is 28.9. The molecule has 4 N–H and O–H groups in total. The fraction of sp³-hybridized carbons (Fsp3) is 0.723. The Morgan fingerprint density at radius 3 is 1.64 bits per heavy atom. The summed E-state index contributed by atoms with van der Waals surface area (Å²) in [6.45, 7) is 4.20. The molecule has 0 aromatic carbocycles. The third-order valence-electron chi connectivity index (χ3n) is 9.63. The van der Waals surface area contributed by atoms with Crippen LogP contribution in [-0.2, 0) is 23.7 Å². The van der Waals surface area contributed by atoms with Crippen LogP contribution < -0.4 is 0 Å². The van der Waals surface area contributed by atoms with E-state index in [9.17, 15) is 25.2 Å². The topological polar surface area (TPSA) is 135 Å². The maximum Gasteiger partial charge on any atom is 0.306 e. The van der Waals surface area contributed by atoms with E-state index >= 15 is 0 Å². The fourth-order valence-electron chi connectivity index (χ4n) is 6.20. The van der Waals surface area contributed by atoms with Crippen molar-refractivity contribution in [3.63, 3.8) is 0 Å². The van der Waals surface area contributed by atoms with E-state index in [4.69, 9.17) is 18.9 Å². The van der Waals surface area contributed by atoms with Crippen LogP contribution in [0, 0.1) is 0 Å². The van der Waals surface area contributed by atoms with E-state index in [-0.39, 0.29) is 19.2 Å². The van der Waals surface area contributed by atoms with Gasteiger partial charge in [0.15, 0.2) is 6.29 Å². The molecule has 0 spiro atoms. The Morgan fingerprint density at radius 2 is 1.09 bits per heavy atom. The number of unbranched alkanes of at least 4 members (excludes halogenated alkanes) is 13. The lowest BCUT2D eigenvalue weighted by Gasteiger charge is -2.39. The van der Waals surface area contributed by atoms with E-state index in [1.54, 1.807) is 0 Å². The van der Waals surface area contributed by atoms with Gasteiger partial charge in [-0.05, 0) is 70.6 Å². The Kier molecular flexibility index (Phi) is 35.2. The van der Waals surface area contributed by atoms with Gasteiger partial charge in [0.05, 0.1) is 26.4 Å². The molecule has 0 aliphatic carbocycles. The lowest BCUT2D eigenvalue weighted by Crippen LogP contribution is -2.59. The van der Waals surface area contributed by atoms with E-state index in [1.165, 1.54) is 64.2 Å². The zero-order chi connectivity index (χ0) is 40.7. The first-order valence-electron chi connectivity index (χ1n) is 22.0. The van der Waals surface area contributed by atoms with Crippen molar-refractivity contribution >= 4 is 5.97 Å². The first-order valence-corrected chi connectivity index (χ1v) is 22.0. The molecule has 1 saturated heterocycles. The molecule has 0 bridgehead atoms. The molecule has 9 heteroatoms. The summed E-state index contributed by atoms with van der Waals surface area (Å²) < 4.78 is 22.7. The number of hydrogen-bond acceptors (Lipinski definition) is 9. The van der Waals surface area contributed by atoms with Crippen molar-refractivity contribution in [3.8, 4) is 0 Å². The normalized spacial score (nSPS) is 21.3. The average Bonchev–Trinajstić information content (AvgIpc) is 3.20. The highest BCUT2D eigenvalue weighted by molar-refractivity contribution is 5.69. The lowest BCUT2D eigenvalue weighted by atomic mass is 9.99. The molecule has 0 radical (unpaired) electrons. The molecule has 1 aliphatic heterocycles. The maximum atomic E-state index is 12.8. The van der Waals surface area contributed by atoms with Crippen LogP contribution in [0.4, 0.5) is 0 Å². The highest BCUT2D eigenvalue weighted by Gasteiger charge is 2.44. The van der Waals surface area contributed by atoms with Gasteiger partial charge in [0.25, 0.3) is 0 Å². The third-order valence-corrected chi connectivity index (χ3v) is 9.63. The Bertz CT molecular complexity index is 1080. The van der Waals surface area contributed by atoms with Crippen molar-refractivity contribution in [2.45, 2.75) is 192 Å². The highest BCUT2D eigenvalue weighted by atomic mass is 16.7. The minimum atomic E-state index is -1.55. The molecule has 9 nitrogen and oxygen atoms in total. The number of carbonyl (C=O) groups is 1. The SMILES string of the molecule is CC/C=C\C/C=C\C/C=C\C/C=C\C/C=C\CCOCC(COC1OC(CO)C(O)C(O)C1O)OC(=O)CCCCCCCCC/C=C\CCCCCCCC. The van der Waals surface area contributed by atoms with Crippen LogP contribution in [0.25, 0.3) is 0 Å². The molecule has 0 saturated carbocycles. The van der Waals surface area contributed by atoms with Gasteiger partial charge in [-0.25, -0.2) is 0 Å². The average molecular weight is 789 g/mol. The molecule has 6 atom stereocenters. The van der Waals surface area contributed by atoms with Crippen molar-refractivity contribution < 1.29 is 44.2 Å². The van der Waals surface area contributed by atoms with Crippen LogP contribution in [0.2, 0.25) is 0 Å². The summed E-state index contributed by atoms with van der Waals surface area (Å²) in [7, 11) is 0. The molecule has 0 aromatic rings. The van der Waals surface area contributed by atoms with Crippen molar-refractivity contribution in [2.75, 3.05) is 26.4 Å². The summed E-state index contributed by atoms with van der Waals surface area (Å²) in [5, 5.41) is 40.1. The van der Waals surface area contributed by atoms with E-state index in [1.807, 2.05) is 0 Å². The van der Waals surface area contributed by atoms with Crippen LogP contribution >= 0.6 is 0 Å². The number of allylic oxidation sites excluding steroid dienone is 11. The fourth-order valence-corrected chi connectivity index (χ4v) is 6.20. The van der Waals surface area contributed by atoms with Crippen molar-refractivity contribution in [3.05, 3.63) is 72.9 Å². The summed E-state index contributed by atoms with van der Waals surface area (Å²) in [5.41, 5.74) is 0. The zero-order valence-corrected chi connectivity index (χ0v) is 35.1. The number of hydrogen-bond donors (Lipinski definition) is 4. The maximum absolute atomic E-state index is 12.8. The van der Waals surface area contributed by atoms with Gasteiger partial charge in [0.1, 0.15) is 30.5 Å². The van der Waals surface area contributed by atoms with Crippen molar-refractivity contribution in [1.82, 2.24) is 0 Å². The molecular formula is C47H80O9. The van der Waals surface area contributed by atoms with Crippen LogP contribution in [0.1, 0.15) is 155 Å². The van der Waals surface area contributed by atoms with E-state index in [0.29, 0.717) is 19.4 Å². The molecule has 322 valence electrons.